The predicted octanol–water partition coefficient (Wildman–Crippen LogP) is 4.19. The normalized spacial score (nSPS) is 10.7. The zero-order valence-electron chi connectivity index (χ0n) is 12.4. The van der Waals surface area contributed by atoms with Gasteiger partial charge in [-0.1, -0.05) is 39.7 Å². The average molecular weight is 397 g/mol. The van der Waals surface area contributed by atoms with Crippen molar-refractivity contribution in [3.05, 3.63) is 63.1 Å². The first kappa shape index (κ1) is 17.4. The zero-order chi connectivity index (χ0) is 16.8. The van der Waals surface area contributed by atoms with Gasteiger partial charge in [-0.25, -0.2) is 0 Å². The Hall–Kier alpha value is -1.98. The Kier molecular flexibility index (Phi) is 6.07. The topological polar surface area (TPSA) is 61.5 Å². The van der Waals surface area contributed by atoms with Crippen LogP contribution in [-0.4, -0.2) is 13.0 Å². The highest BCUT2D eigenvalue weighted by molar-refractivity contribution is 9.10. The van der Waals surface area contributed by atoms with E-state index in [-0.39, 0.29) is 0 Å². The number of nitrogens with two attached hydrogens (primary N) is 1. The third-order valence-corrected chi connectivity index (χ3v) is 3.74. The van der Waals surface area contributed by atoms with Gasteiger partial charge in [0.05, 0.1) is 12.1 Å². The molecule has 2 rings (SSSR count). The zero-order valence-corrected chi connectivity index (χ0v) is 14.7. The molecule has 0 aromatic heterocycles. The molecule has 6 heteroatoms. The summed E-state index contributed by atoms with van der Waals surface area (Å²) < 4.78 is 12.1. The summed E-state index contributed by atoms with van der Waals surface area (Å²) in [5.41, 5.74) is 6.78. The predicted molar refractivity (Wildman–Crippen MR) is 94.7 cm³/mol. The van der Waals surface area contributed by atoms with Crippen LogP contribution in [0.15, 0.2) is 46.9 Å². The minimum atomic E-state index is -0.532. The van der Waals surface area contributed by atoms with Gasteiger partial charge >= 0.3 is 0 Å². The van der Waals surface area contributed by atoms with E-state index in [4.69, 9.17) is 26.8 Å². The summed E-state index contributed by atoms with van der Waals surface area (Å²) in [6.07, 6.45) is 2.82. The van der Waals surface area contributed by atoms with Crippen LogP contribution in [0.25, 0.3) is 6.08 Å². The number of hydrogen-bond acceptors (Lipinski definition) is 3. The lowest BCUT2D eigenvalue weighted by atomic mass is 10.2. The van der Waals surface area contributed by atoms with Crippen molar-refractivity contribution in [1.82, 2.24) is 0 Å². The number of rotatable bonds is 6. The molecule has 4 nitrogen and oxygen atoms in total. The maximum Gasteiger partial charge on any atom is 0.241 e. The Morgan fingerprint density at radius 3 is 2.78 bits per heavy atom. The second-order valence-electron chi connectivity index (χ2n) is 4.69. The second kappa shape index (κ2) is 8.04. The first-order chi connectivity index (χ1) is 11.0. The van der Waals surface area contributed by atoms with Gasteiger partial charge in [-0.2, -0.15) is 0 Å². The molecule has 0 fully saturated rings. The largest absolute Gasteiger partial charge is 0.493 e. The molecule has 0 saturated carbocycles. The van der Waals surface area contributed by atoms with Gasteiger partial charge in [-0.15, -0.1) is 0 Å². The van der Waals surface area contributed by atoms with Crippen LogP contribution in [0, 0.1) is 0 Å². The molecule has 0 radical (unpaired) electrons. The molecule has 0 atom stereocenters. The number of amides is 1. The van der Waals surface area contributed by atoms with Crippen LogP contribution in [0.5, 0.6) is 11.5 Å². The van der Waals surface area contributed by atoms with E-state index in [2.05, 4.69) is 15.9 Å². The molecule has 23 heavy (non-hydrogen) atoms. The quantitative estimate of drug-likeness (QED) is 0.745. The van der Waals surface area contributed by atoms with Crippen LogP contribution < -0.4 is 15.2 Å². The molecule has 2 aromatic rings. The minimum absolute atomic E-state index is 0.353. The number of primary amides is 1. The Labute approximate surface area is 148 Å². The number of carbonyl (C=O) groups excluding carboxylic acids is 1. The lowest BCUT2D eigenvalue weighted by molar-refractivity contribution is -0.113. The molecule has 2 aromatic carbocycles. The summed E-state index contributed by atoms with van der Waals surface area (Å²) in [7, 11) is 1.53. The monoisotopic (exact) mass is 395 g/mol. The molecule has 0 unspecified atom stereocenters. The Bertz CT molecular complexity index is 747. The molecule has 1 amide bonds. The lowest BCUT2D eigenvalue weighted by Crippen LogP contribution is -2.05. The summed E-state index contributed by atoms with van der Waals surface area (Å²) in [4.78, 5) is 10.8. The number of halogens is 2. The Morgan fingerprint density at radius 1 is 1.35 bits per heavy atom. The maximum atomic E-state index is 10.8. The van der Waals surface area contributed by atoms with Crippen molar-refractivity contribution in [2.75, 3.05) is 7.11 Å². The molecule has 0 aliphatic rings. The van der Waals surface area contributed by atoms with E-state index in [0.717, 1.165) is 10.0 Å². The number of benzene rings is 2. The highest BCUT2D eigenvalue weighted by Crippen LogP contribution is 2.37. The van der Waals surface area contributed by atoms with Gasteiger partial charge in [0.25, 0.3) is 0 Å². The van der Waals surface area contributed by atoms with Crippen LogP contribution in [0.4, 0.5) is 0 Å². The highest BCUT2D eigenvalue weighted by Gasteiger charge is 2.11. The molecule has 120 valence electrons. The second-order valence-corrected chi connectivity index (χ2v) is 6.01. The molecular formula is C17H15BrClNO3. The van der Waals surface area contributed by atoms with E-state index < -0.39 is 5.91 Å². The molecule has 2 N–H and O–H groups in total. The van der Waals surface area contributed by atoms with Gasteiger partial charge in [-0.05, 0) is 41.5 Å². The smallest absolute Gasteiger partial charge is 0.241 e. The Balaban J connectivity index is 2.22. The van der Waals surface area contributed by atoms with Crippen LogP contribution in [0.3, 0.4) is 0 Å². The fraction of sp³-hybridized carbons (Fsp3) is 0.118. The van der Waals surface area contributed by atoms with E-state index in [0.29, 0.717) is 28.7 Å². The van der Waals surface area contributed by atoms with Crippen molar-refractivity contribution in [3.63, 3.8) is 0 Å². The summed E-state index contributed by atoms with van der Waals surface area (Å²) in [6.45, 7) is 0.353. The maximum absolute atomic E-state index is 10.8. The van der Waals surface area contributed by atoms with Crippen molar-refractivity contribution in [3.8, 4) is 11.5 Å². The van der Waals surface area contributed by atoms with Crippen molar-refractivity contribution < 1.29 is 14.3 Å². The summed E-state index contributed by atoms with van der Waals surface area (Å²) in [5, 5.41) is 0.392. The van der Waals surface area contributed by atoms with Gasteiger partial charge in [0.1, 0.15) is 6.61 Å². The molecule has 0 saturated heterocycles. The Morgan fingerprint density at radius 2 is 2.13 bits per heavy atom. The van der Waals surface area contributed by atoms with Crippen LogP contribution in [-0.2, 0) is 11.4 Å². The van der Waals surface area contributed by atoms with Crippen molar-refractivity contribution >= 4 is 39.5 Å². The standard InChI is InChI=1S/C17H15BrClNO3/c1-22-15-9-11(5-6-16(20)21)8-14(19)17(15)23-10-12-3-2-4-13(18)7-12/h2-9H,10H2,1H3,(H2,20,21)/b6-5+. The molecule has 0 aliphatic heterocycles. The summed E-state index contributed by atoms with van der Waals surface area (Å²) >= 11 is 9.68. The van der Waals surface area contributed by atoms with E-state index >= 15 is 0 Å². The third kappa shape index (κ3) is 5.01. The van der Waals surface area contributed by atoms with Crippen LogP contribution >= 0.6 is 27.5 Å². The van der Waals surface area contributed by atoms with Crippen LogP contribution in [0.1, 0.15) is 11.1 Å². The summed E-state index contributed by atoms with van der Waals surface area (Å²) in [5.74, 6) is 0.400. The summed E-state index contributed by atoms with van der Waals surface area (Å²) in [6, 6.07) is 11.2. The van der Waals surface area contributed by atoms with E-state index in [9.17, 15) is 4.79 Å². The lowest BCUT2D eigenvalue weighted by Gasteiger charge is -2.13. The molecule has 0 aliphatic carbocycles. The molecule has 0 heterocycles. The highest BCUT2D eigenvalue weighted by atomic mass is 79.9. The van der Waals surface area contributed by atoms with E-state index in [1.807, 2.05) is 24.3 Å². The SMILES string of the molecule is COc1cc(/C=C/C(N)=O)cc(Cl)c1OCc1cccc(Br)c1. The molecule has 0 bridgehead atoms. The number of carbonyl (C=O) groups is 1. The van der Waals surface area contributed by atoms with Crippen molar-refractivity contribution in [2.45, 2.75) is 6.61 Å². The molecule has 0 spiro atoms. The third-order valence-electron chi connectivity index (χ3n) is 2.96. The first-order valence-electron chi connectivity index (χ1n) is 6.72. The van der Waals surface area contributed by atoms with Gasteiger partial charge in [0.2, 0.25) is 5.91 Å². The van der Waals surface area contributed by atoms with Gasteiger partial charge in [0, 0.05) is 10.5 Å². The first-order valence-corrected chi connectivity index (χ1v) is 7.89. The fourth-order valence-electron chi connectivity index (χ4n) is 1.94. The fourth-order valence-corrected chi connectivity index (χ4v) is 2.66. The number of hydrogen-bond donors (Lipinski definition) is 1. The van der Waals surface area contributed by atoms with E-state index in [1.165, 1.54) is 13.2 Å². The van der Waals surface area contributed by atoms with Crippen molar-refractivity contribution in [1.29, 1.82) is 0 Å². The van der Waals surface area contributed by atoms with Crippen molar-refractivity contribution in [2.24, 2.45) is 5.73 Å². The van der Waals surface area contributed by atoms with Gasteiger partial charge in [0.15, 0.2) is 11.5 Å². The minimum Gasteiger partial charge on any atom is -0.493 e. The number of ether oxygens (including phenoxy) is 2. The van der Waals surface area contributed by atoms with Gasteiger partial charge < -0.3 is 15.2 Å². The number of methoxy groups -OCH3 is 1. The molecular weight excluding hydrogens is 382 g/mol. The van der Waals surface area contributed by atoms with Crippen LogP contribution in [0.2, 0.25) is 5.02 Å². The average Bonchev–Trinajstić information content (AvgIpc) is 2.51. The van der Waals surface area contributed by atoms with E-state index in [1.54, 1.807) is 18.2 Å². The van der Waals surface area contributed by atoms with Gasteiger partial charge in [-0.3, -0.25) is 4.79 Å².